The first-order valence-electron chi connectivity index (χ1n) is 12.1. The summed E-state index contributed by atoms with van der Waals surface area (Å²) in [4.78, 5) is 14.4. The molecule has 9 heteroatoms. The van der Waals surface area contributed by atoms with Gasteiger partial charge in [-0.1, -0.05) is 25.8 Å². The van der Waals surface area contributed by atoms with Crippen LogP contribution in [0.25, 0.3) is 6.08 Å². The van der Waals surface area contributed by atoms with E-state index >= 15 is 0 Å². The fourth-order valence-corrected chi connectivity index (χ4v) is 5.75. The number of amides is 1. The van der Waals surface area contributed by atoms with Gasteiger partial charge >= 0.3 is 0 Å². The van der Waals surface area contributed by atoms with Crippen molar-refractivity contribution in [3.8, 4) is 11.5 Å². The molecule has 184 valence electrons. The summed E-state index contributed by atoms with van der Waals surface area (Å²) in [6.45, 7) is 7.75. The van der Waals surface area contributed by atoms with Gasteiger partial charge in [-0.2, -0.15) is 17.0 Å². The second-order valence-electron chi connectivity index (χ2n) is 8.37. The van der Waals surface area contributed by atoms with E-state index in [4.69, 9.17) is 9.47 Å². The number of rotatable bonds is 9. The van der Waals surface area contributed by atoms with Crippen LogP contribution < -0.4 is 9.47 Å². The lowest BCUT2D eigenvalue weighted by Crippen LogP contribution is -2.54. The highest BCUT2D eigenvalue weighted by molar-refractivity contribution is 7.86. The van der Waals surface area contributed by atoms with Crippen LogP contribution in [-0.4, -0.2) is 80.3 Å². The molecule has 2 aliphatic rings. The summed E-state index contributed by atoms with van der Waals surface area (Å²) in [5.74, 6) is 1.24. The molecule has 0 saturated carbocycles. The van der Waals surface area contributed by atoms with Crippen molar-refractivity contribution in [2.45, 2.75) is 46.0 Å². The lowest BCUT2D eigenvalue weighted by atomic mass is 10.2. The van der Waals surface area contributed by atoms with Gasteiger partial charge in [-0.15, -0.1) is 0 Å². The van der Waals surface area contributed by atoms with Crippen molar-refractivity contribution in [1.82, 2.24) is 13.5 Å². The van der Waals surface area contributed by atoms with Crippen LogP contribution in [0.2, 0.25) is 0 Å². The van der Waals surface area contributed by atoms with Crippen LogP contribution in [0, 0.1) is 0 Å². The second kappa shape index (κ2) is 12.4. The standard InChI is InChI=1S/C24H37N3O5S/c1-3-19-32-22-11-9-21(20-23(22)31-4-2)10-12-24(28)25-15-17-27(18-16-25)33(29,30)26-13-7-5-6-8-14-26/h9-12,20H,3-8,13-19H2,1-2H3/b12-10+. The molecule has 33 heavy (non-hydrogen) atoms. The first-order valence-corrected chi connectivity index (χ1v) is 13.5. The smallest absolute Gasteiger partial charge is 0.282 e. The minimum Gasteiger partial charge on any atom is -0.490 e. The molecule has 2 heterocycles. The van der Waals surface area contributed by atoms with Crippen LogP contribution in [0.1, 0.15) is 51.5 Å². The molecule has 0 N–H and O–H groups in total. The van der Waals surface area contributed by atoms with Crippen LogP contribution in [-0.2, 0) is 15.0 Å². The maximum atomic E-state index is 13.0. The topological polar surface area (TPSA) is 79.4 Å². The Morgan fingerprint density at radius 2 is 1.58 bits per heavy atom. The third kappa shape index (κ3) is 6.94. The van der Waals surface area contributed by atoms with E-state index < -0.39 is 10.2 Å². The van der Waals surface area contributed by atoms with E-state index in [0.29, 0.717) is 64.0 Å². The maximum Gasteiger partial charge on any atom is 0.282 e. The van der Waals surface area contributed by atoms with Crippen LogP contribution in [0.5, 0.6) is 11.5 Å². The van der Waals surface area contributed by atoms with Gasteiger partial charge in [0.15, 0.2) is 11.5 Å². The first kappa shape index (κ1) is 25.5. The summed E-state index contributed by atoms with van der Waals surface area (Å²) in [6, 6.07) is 5.62. The van der Waals surface area contributed by atoms with E-state index in [2.05, 4.69) is 0 Å². The van der Waals surface area contributed by atoms with E-state index in [1.807, 2.05) is 32.0 Å². The van der Waals surface area contributed by atoms with Crippen LogP contribution >= 0.6 is 0 Å². The Hall–Kier alpha value is -2.10. The summed E-state index contributed by atoms with van der Waals surface area (Å²) >= 11 is 0. The van der Waals surface area contributed by atoms with Gasteiger partial charge in [-0.3, -0.25) is 4.79 Å². The lowest BCUT2D eigenvalue weighted by Gasteiger charge is -2.36. The maximum absolute atomic E-state index is 13.0. The molecule has 0 aromatic heterocycles. The van der Waals surface area contributed by atoms with Crippen molar-refractivity contribution in [3.05, 3.63) is 29.8 Å². The molecular weight excluding hydrogens is 442 g/mol. The molecule has 1 aromatic carbocycles. The largest absolute Gasteiger partial charge is 0.490 e. The number of ether oxygens (including phenoxy) is 2. The van der Waals surface area contributed by atoms with Crippen molar-refractivity contribution >= 4 is 22.2 Å². The predicted molar refractivity (Wildman–Crippen MR) is 130 cm³/mol. The number of hydrogen-bond acceptors (Lipinski definition) is 5. The number of carbonyl (C=O) groups excluding carboxylic acids is 1. The van der Waals surface area contributed by atoms with Gasteiger partial charge in [-0.25, -0.2) is 0 Å². The minimum atomic E-state index is -3.45. The molecule has 0 aliphatic carbocycles. The first-order chi connectivity index (χ1) is 16.0. The Labute approximate surface area is 198 Å². The average molecular weight is 480 g/mol. The van der Waals surface area contributed by atoms with Gasteiger partial charge in [0.25, 0.3) is 10.2 Å². The molecule has 0 unspecified atom stereocenters. The molecule has 2 aliphatic heterocycles. The highest BCUT2D eigenvalue weighted by Gasteiger charge is 2.33. The third-order valence-corrected chi connectivity index (χ3v) is 7.95. The van der Waals surface area contributed by atoms with Crippen LogP contribution in [0.15, 0.2) is 24.3 Å². The fourth-order valence-electron chi connectivity index (χ4n) is 4.08. The van der Waals surface area contributed by atoms with E-state index in [1.165, 1.54) is 10.4 Å². The van der Waals surface area contributed by atoms with Crippen LogP contribution in [0.3, 0.4) is 0 Å². The Morgan fingerprint density at radius 1 is 0.909 bits per heavy atom. The number of piperazine rings is 1. The predicted octanol–water partition coefficient (Wildman–Crippen LogP) is 3.15. The van der Waals surface area contributed by atoms with Gasteiger partial charge in [0, 0.05) is 45.3 Å². The molecular formula is C24H37N3O5S. The van der Waals surface area contributed by atoms with Crippen molar-refractivity contribution in [1.29, 1.82) is 0 Å². The zero-order valence-electron chi connectivity index (χ0n) is 19.9. The highest BCUT2D eigenvalue weighted by Crippen LogP contribution is 2.29. The zero-order chi connectivity index (χ0) is 23.7. The molecule has 2 saturated heterocycles. The Morgan fingerprint density at radius 3 is 2.21 bits per heavy atom. The van der Waals surface area contributed by atoms with E-state index in [0.717, 1.165) is 37.7 Å². The Bertz CT molecular complexity index is 903. The minimum absolute atomic E-state index is 0.119. The molecule has 0 spiro atoms. The van der Waals surface area contributed by atoms with Crippen molar-refractivity contribution in [2.75, 3.05) is 52.5 Å². The summed E-state index contributed by atoms with van der Waals surface area (Å²) in [6.07, 6.45) is 8.21. The van der Waals surface area contributed by atoms with Gasteiger partial charge in [0.1, 0.15) is 0 Å². The molecule has 1 aromatic rings. The van der Waals surface area contributed by atoms with E-state index in [1.54, 1.807) is 15.3 Å². The number of benzene rings is 1. The lowest BCUT2D eigenvalue weighted by molar-refractivity contribution is -0.127. The molecule has 2 fully saturated rings. The monoisotopic (exact) mass is 479 g/mol. The SMILES string of the molecule is CCCOc1ccc(/C=C/C(=O)N2CCN(S(=O)(=O)N3CCCCCC3)CC2)cc1OCC. The van der Waals surface area contributed by atoms with Gasteiger partial charge in [0.2, 0.25) is 5.91 Å². The number of nitrogens with zero attached hydrogens (tertiary/aromatic N) is 3. The van der Waals surface area contributed by atoms with Crippen molar-refractivity contribution in [2.24, 2.45) is 0 Å². The molecule has 0 bridgehead atoms. The average Bonchev–Trinajstić information content (AvgIpc) is 3.12. The summed E-state index contributed by atoms with van der Waals surface area (Å²) < 4.78 is 40.5. The molecule has 3 rings (SSSR count). The highest BCUT2D eigenvalue weighted by atomic mass is 32.2. The van der Waals surface area contributed by atoms with E-state index in [-0.39, 0.29) is 5.91 Å². The number of hydrogen-bond donors (Lipinski definition) is 0. The number of carbonyl (C=O) groups is 1. The molecule has 1 amide bonds. The zero-order valence-corrected chi connectivity index (χ0v) is 20.7. The van der Waals surface area contributed by atoms with Gasteiger partial charge in [-0.05, 0) is 50.0 Å². The Kier molecular flexibility index (Phi) is 9.58. The summed E-state index contributed by atoms with van der Waals surface area (Å²) in [5.41, 5.74) is 0.845. The molecule has 0 atom stereocenters. The normalized spacial score (nSPS) is 18.9. The van der Waals surface area contributed by atoms with Gasteiger partial charge < -0.3 is 14.4 Å². The summed E-state index contributed by atoms with van der Waals surface area (Å²) in [7, 11) is -3.45. The van der Waals surface area contributed by atoms with Gasteiger partial charge in [0.05, 0.1) is 13.2 Å². The van der Waals surface area contributed by atoms with E-state index in [9.17, 15) is 13.2 Å². The fraction of sp³-hybridized carbons (Fsp3) is 0.625. The Balaban J connectivity index is 1.57. The summed E-state index contributed by atoms with van der Waals surface area (Å²) in [5, 5.41) is 0. The second-order valence-corrected chi connectivity index (χ2v) is 10.3. The van der Waals surface area contributed by atoms with Crippen LogP contribution in [0.4, 0.5) is 0 Å². The molecule has 8 nitrogen and oxygen atoms in total. The molecule has 0 radical (unpaired) electrons. The third-order valence-electron chi connectivity index (χ3n) is 5.92. The van der Waals surface area contributed by atoms with Crippen molar-refractivity contribution in [3.63, 3.8) is 0 Å². The van der Waals surface area contributed by atoms with Crippen molar-refractivity contribution < 1.29 is 22.7 Å². The quantitative estimate of drug-likeness (QED) is 0.509.